The second kappa shape index (κ2) is 7.15. The number of aryl methyl sites for hydroxylation is 1. The molecule has 0 aliphatic carbocycles. The molecule has 0 radical (unpaired) electrons. The highest BCUT2D eigenvalue weighted by molar-refractivity contribution is 5.35. The van der Waals surface area contributed by atoms with Crippen LogP contribution < -0.4 is 10.1 Å². The molecule has 0 saturated heterocycles. The number of hydrogen-bond donors (Lipinski definition) is 1. The van der Waals surface area contributed by atoms with E-state index in [9.17, 15) is 0 Å². The second-order valence-electron chi connectivity index (χ2n) is 5.39. The van der Waals surface area contributed by atoms with Gasteiger partial charge in [-0.15, -0.1) is 0 Å². The Kier molecular flexibility index (Phi) is 5.24. The fourth-order valence-electron chi connectivity index (χ4n) is 2.06. The largest absolute Gasteiger partial charge is 0.492 e. The van der Waals surface area contributed by atoms with E-state index in [1.807, 2.05) is 6.07 Å². The van der Waals surface area contributed by atoms with Crippen molar-refractivity contribution in [3.05, 3.63) is 53.5 Å². The zero-order valence-corrected chi connectivity index (χ0v) is 12.5. The van der Waals surface area contributed by atoms with Gasteiger partial charge in [0.2, 0.25) is 0 Å². The van der Waals surface area contributed by atoms with Crippen molar-refractivity contribution in [1.29, 1.82) is 0 Å². The van der Waals surface area contributed by atoms with Gasteiger partial charge in [-0.2, -0.15) is 0 Å². The Morgan fingerprint density at radius 2 is 2.10 bits per heavy atom. The lowest BCUT2D eigenvalue weighted by Crippen LogP contribution is -2.20. The highest BCUT2D eigenvalue weighted by Crippen LogP contribution is 2.22. The first kappa shape index (κ1) is 14.7. The summed E-state index contributed by atoms with van der Waals surface area (Å²) in [6.45, 7) is 8.80. The van der Waals surface area contributed by atoms with Gasteiger partial charge in [0.1, 0.15) is 12.4 Å². The average Bonchev–Trinajstić information content (AvgIpc) is 2.91. The molecule has 0 aliphatic heterocycles. The lowest BCUT2D eigenvalue weighted by molar-refractivity contribution is 0.313. The Labute approximate surface area is 121 Å². The molecule has 108 valence electrons. The molecular formula is C17H23NO2. The number of ether oxygens (including phenoxy) is 1. The third-order valence-electron chi connectivity index (χ3n) is 3.20. The van der Waals surface area contributed by atoms with E-state index in [1.54, 1.807) is 12.5 Å². The van der Waals surface area contributed by atoms with Crippen LogP contribution in [-0.4, -0.2) is 13.2 Å². The Bertz CT molecular complexity index is 518. The molecule has 1 N–H and O–H groups in total. The number of nitrogens with one attached hydrogen (secondary N) is 1. The van der Waals surface area contributed by atoms with E-state index in [4.69, 9.17) is 9.15 Å². The van der Waals surface area contributed by atoms with Crippen molar-refractivity contribution in [2.24, 2.45) is 0 Å². The van der Waals surface area contributed by atoms with Crippen molar-refractivity contribution < 1.29 is 9.15 Å². The molecule has 0 aliphatic rings. The standard InChI is InChI=1S/C17H23NO2/c1-13(2)16-8-14(3)9-17(10-16)20-7-5-18-11-15-4-6-19-12-15/h4,6,8-10,12-13,18H,5,7,11H2,1-3H3. The molecule has 1 aromatic heterocycles. The van der Waals surface area contributed by atoms with E-state index in [-0.39, 0.29) is 0 Å². The maximum atomic E-state index is 5.81. The zero-order chi connectivity index (χ0) is 14.4. The minimum atomic E-state index is 0.525. The van der Waals surface area contributed by atoms with Gasteiger partial charge in [0.25, 0.3) is 0 Å². The van der Waals surface area contributed by atoms with E-state index >= 15 is 0 Å². The van der Waals surface area contributed by atoms with Gasteiger partial charge in [-0.1, -0.05) is 19.9 Å². The van der Waals surface area contributed by atoms with E-state index in [0.29, 0.717) is 12.5 Å². The first-order valence-electron chi connectivity index (χ1n) is 7.11. The number of hydrogen-bond acceptors (Lipinski definition) is 3. The summed E-state index contributed by atoms with van der Waals surface area (Å²) in [6.07, 6.45) is 3.44. The van der Waals surface area contributed by atoms with E-state index in [1.165, 1.54) is 11.1 Å². The fraction of sp³-hybridized carbons (Fsp3) is 0.412. The molecular weight excluding hydrogens is 250 g/mol. The van der Waals surface area contributed by atoms with Crippen LogP contribution >= 0.6 is 0 Å². The van der Waals surface area contributed by atoms with Crippen LogP contribution in [-0.2, 0) is 6.54 Å². The van der Waals surface area contributed by atoms with E-state index < -0.39 is 0 Å². The molecule has 3 heteroatoms. The number of benzene rings is 1. The molecule has 0 atom stereocenters. The monoisotopic (exact) mass is 273 g/mol. The van der Waals surface area contributed by atoms with Crippen molar-refractivity contribution in [2.75, 3.05) is 13.2 Å². The van der Waals surface area contributed by atoms with Crippen LogP contribution in [0.25, 0.3) is 0 Å². The molecule has 0 fully saturated rings. The van der Waals surface area contributed by atoms with E-state index in [0.717, 1.165) is 24.4 Å². The van der Waals surface area contributed by atoms with E-state index in [2.05, 4.69) is 44.3 Å². The molecule has 3 nitrogen and oxygen atoms in total. The summed E-state index contributed by atoms with van der Waals surface area (Å²) < 4.78 is 10.8. The van der Waals surface area contributed by atoms with Gasteiger partial charge in [-0.3, -0.25) is 0 Å². The predicted octanol–water partition coefficient (Wildman–Crippen LogP) is 3.88. The Morgan fingerprint density at radius 1 is 1.25 bits per heavy atom. The van der Waals surface area contributed by atoms with Gasteiger partial charge in [0.05, 0.1) is 12.5 Å². The van der Waals surface area contributed by atoms with Crippen molar-refractivity contribution in [2.45, 2.75) is 33.2 Å². The topological polar surface area (TPSA) is 34.4 Å². The Hall–Kier alpha value is -1.74. The maximum absolute atomic E-state index is 5.81. The maximum Gasteiger partial charge on any atom is 0.119 e. The molecule has 1 heterocycles. The molecule has 2 rings (SSSR count). The smallest absolute Gasteiger partial charge is 0.119 e. The van der Waals surface area contributed by atoms with Crippen LogP contribution in [0.1, 0.15) is 36.5 Å². The van der Waals surface area contributed by atoms with Crippen LogP contribution in [0.2, 0.25) is 0 Å². The van der Waals surface area contributed by atoms with Crippen LogP contribution in [0.4, 0.5) is 0 Å². The molecule has 0 saturated carbocycles. The normalized spacial score (nSPS) is 11.0. The molecule has 0 bridgehead atoms. The summed E-state index contributed by atoms with van der Waals surface area (Å²) in [5.41, 5.74) is 3.73. The van der Waals surface area contributed by atoms with Crippen molar-refractivity contribution in [3.8, 4) is 5.75 Å². The highest BCUT2D eigenvalue weighted by Gasteiger charge is 2.03. The Balaban J connectivity index is 1.76. The molecule has 0 unspecified atom stereocenters. The van der Waals surface area contributed by atoms with Gasteiger partial charge in [0.15, 0.2) is 0 Å². The second-order valence-corrected chi connectivity index (χ2v) is 5.39. The summed E-state index contributed by atoms with van der Waals surface area (Å²) in [7, 11) is 0. The van der Waals surface area contributed by atoms with Gasteiger partial charge >= 0.3 is 0 Å². The summed E-state index contributed by atoms with van der Waals surface area (Å²) in [5.74, 6) is 1.48. The fourth-order valence-corrected chi connectivity index (χ4v) is 2.06. The summed E-state index contributed by atoms with van der Waals surface area (Å²) in [5, 5.41) is 3.33. The minimum Gasteiger partial charge on any atom is -0.492 e. The Morgan fingerprint density at radius 3 is 2.80 bits per heavy atom. The van der Waals surface area contributed by atoms with Crippen LogP contribution in [0.3, 0.4) is 0 Å². The predicted molar refractivity (Wildman–Crippen MR) is 81.2 cm³/mol. The third kappa shape index (κ3) is 4.42. The van der Waals surface area contributed by atoms with Crippen LogP contribution in [0.15, 0.2) is 41.2 Å². The first-order chi connectivity index (χ1) is 9.65. The minimum absolute atomic E-state index is 0.525. The molecule has 20 heavy (non-hydrogen) atoms. The molecule has 2 aromatic rings. The number of rotatable bonds is 7. The van der Waals surface area contributed by atoms with Crippen LogP contribution in [0, 0.1) is 6.92 Å². The van der Waals surface area contributed by atoms with Crippen LogP contribution in [0.5, 0.6) is 5.75 Å². The quantitative estimate of drug-likeness (QED) is 0.777. The van der Waals surface area contributed by atoms with Gasteiger partial charge in [0, 0.05) is 18.7 Å². The third-order valence-corrected chi connectivity index (χ3v) is 3.20. The zero-order valence-electron chi connectivity index (χ0n) is 12.5. The lowest BCUT2D eigenvalue weighted by Gasteiger charge is -2.12. The van der Waals surface area contributed by atoms with Gasteiger partial charge in [-0.05, 0) is 42.2 Å². The van der Waals surface area contributed by atoms with Crippen molar-refractivity contribution >= 4 is 0 Å². The average molecular weight is 273 g/mol. The molecule has 0 spiro atoms. The van der Waals surface area contributed by atoms with Crippen molar-refractivity contribution in [3.63, 3.8) is 0 Å². The first-order valence-corrected chi connectivity index (χ1v) is 7.11. The van der Waals surface area contributed by atoms with Gasteiger partial charge < -0.3 is 14.5 Å². The highest BCUT2D eigenvalue weighted by atomic mass is 16.5. The SMILES string of the molecule is Cc1cc(OCCNCc2ccoc2)cc(C(C)C)c1. The van der Waals surface area contributed by atoms with Crippen molar-refractivity contribution in [1.82, 2.24) is 5.32 Å². The summed E-state index contributed by atoms with van der Waals surface area (Å²) in [4.78, 5) is 0. The lowest BCUT2D eigenvalue weighted by atomic mass is 10.0. The summed E-state index contributed by atoms with van der Waals surface area (Å²) in [6, 6.07) is 8.40. The van der Waals surface area contributed by atoms with Gasteiger partial charge in [-0.25, -0.2) is 0 Å². The number of furan rings is 1. The molecule has 1 aromatic carbocycles. The molecule has 0 amide bonds. The summed E-state index contributed by atoms with van der Waals surface area (Å²) >= 11 is 0.